The molecule has 0 aliphatic carbocycles. The van der Waals surface area contributed by atoms with Crippen LogP contribution < -0.4 is 26.1 Å². The van der Waals surface area contributed by atoms with Crippen molar-refractivity contribution in [3.63, 3.8) is 0 Å². The molecule has 0 N–H and O–H groups in total. The van der Waals surface area contributed by atoms with Crippen LogP contribution in [0.5, 0.6) is 0 Å². The average molecular weight is 471 g/mol. The van der Waals surface area contributed by atoms with E-state index in [1.165, 1.54) is 16.5 Å². The van der Waals surface area contributed by atoms with E-state index in [0.29, 0.717) is 0 Å². The summed E-state index contributed by atoms with van der Waals surface area (Å²) in [4.78, 5) is 2.46. The first-order valence-electron chi connectivity index (χ1n) is 9.44. The molecule has 27 heavy (non-hydrogen) atoms. The first-order chi connectivity index (χ1) is 13.1. The molecule has 3 heteroatoms. The van der Waals surface area contributed by atoms with Crippen molar-refractivity contribution >= 4 is 22.0 Å². The number of halogens is 1. The molecule has 142 valence electrons. The van der Waals surface area contributed by atoms with E-state index in [1.807, 2.05) is 11.0 Å². The van der Waals surface area contributed by atoms with Gasteiger partial charge in [-0.1, -0.05) is 13.8 Å². The number of fused-ring (bicyclic) bond motifs is 1. The topological polar surface area (TPSA) is 27.0 Å². The fraction of sp³-hybridized carbons (Fsp3) is 0.292. The van der Waals surface area contributed by atoms with Gasteiger partial charge in [-0.15, -0.1) is 0 Å². The number of hydrogen-bond donors (Lipinski definition) is 0. The SMILES string of the molecule is C=C[I-]/C=C\C(=C(/C)C#N)c1ccc2cc(N(CCC)CCC)ccc2c1. The molecule has 2 aromatic rings. The minimum atomic E-state index is -0.149. The number of hydrogen-bond acceptors (Lipinski definition) is 2. The van der Waals surface area contributed by atoms with E-state index in [4.69, 9.17) is 0 Å². The molecular formula is C24H28IN2-. The standard InChI is InChI=1S/C24H28IN2/c1-5-14-27(15-6-2)23-11-10-20-16-22(9-8-21(20)17-23)24(19(4)18-26)12-13-25-7-3/h7-13,16-17H,3,5-6,14-15H2,1-2,4H3/q-1/b13-12-,24-19-. The van der Waals surface area contributed by atoms with Crippen LogP contribution in [-0.2, 0) is 0 Å². The fourth-order valence-electron chi connectivity index (χ4n) is 3.16. The molecule has 0 amide bonds. The van der Waals surface area contributed by atoms with Gasteiger partial charge in [-0.25, -0.2) is 0 Å². The Bertz CT molecular complexity index is 881. The van der Waals surface area contributed by atoms with Gasteiger partial charge in [-0.2, -0.15) is 0 Å². The molecule has 0 radical (unpaired) electrons. The molecule has 0 saturated carbocycles. The number of benzene rings is 2. The van der Waals surface area contributed by atoms with Gasteiger partial charge in [0.25, 0.3) is 0 Å². The summed E-state index contributed by atoms with van der Waals surface area (Å²) in [6, 6.07) is 15.5. The van der Waals surface area contributed by atoms with Gasteiger partial charge in [0.05, 0.1) is 0 Å². The third-order valence-corrected chi connectivity index (χ3v) is 5.73. The van der Waals surface area contributed by atoms with Gasteiger partial charge in [0, 0.05) is 0 Å². The summed E-state index contributed by atoms with van der Waals surface area (Å²) in [7, 11) is 0. The van der Waals surface area contributed by atoms with Crippen LogP contribution in [0, 0.1) is 11.3 Å². The second kappa shape index (κ2) is 10.9. The van der Waals surface area contributed by atoms with Gasteiger partial charge in [0.15, 0.2) is 0 Å². The van der Waals surface area contributed by atoms with Crippen LogP contribution in [-0.4, -0.2) is 13.1 Å². The summed E-state index contributed by atoms with van der Waals surface area (Å²) in [5.74, 6) is 0. The summed E-state index contributed by atoms with van der Waals surface area (Å²) >= 11 is -0.149. The molecule has 0 fully saturated rings. The molecule has 2 nitrogen and oxygen atoms in total. The minimum absolute atomic E-state index is 0.149. The maximum atomic E-state index is 9.38. The Morgan fingerprint density at radius 1 is 1.11 bits per heavy atom. The predicted octanol–water partition coefficient (Wildman–Crippen LogP) is 3.51. The molecule has 0 heterocycles. The average Bonchev–Trinajstić information content (AvgIpc) is 2.70. The van der Waals surface area contributed by atoms with Crippen molar-refractivity contribution in [3.05, 3.63) is 68.4 Å². The molecule has 0 aromatic heterocycles. The van der Waals surface area contributed by atoms with Crippen molar-refractivity contribution in [3.8, 4) is 6.07 Å². The molecule has 0 saturated heterocycles. The van der Waals surface area contributed by atoms with Crippen LogP contribution in [0.4, 0.5) is 5.69 Å². The van der Waals surface area contributed by atoms with E-state index in [9.17, 15) is 5.26 Å². The van der Waals surface area contributed by atoms with Gasteiger partial charge < -0.3 is 0 Å². The zero-order chi connectivity index (χ0) is 19.6. The van der Waals surface area contributed by atoms with Gasteiger partial charge in [-0.05, 0) is 0 Å². The summed E-state index contributed by atoms with van der Waals surface area (Å²) in [5.41, 5.74) is 4.13. The zero-order valence-electron chi connectivity index (χ0n) is 16.5. The molecule has 0 unspecified atom stereocenters. The van der Waals surface area contributed by atoms with Crippen LogP contribution >= 0.6 is 0 Å². The van der Waals surface area contributed by atoms with Crippen LogP contribution in [0.25, 0.3) is 16.3 Å². The predicted molar refractivity (Wildman–Crippen MR) is 114 cm³/mol. The zero-order valence-corrected chi connectivity index (χ0v) is 18.7. The van der Waals surface area contributed by atoms with Crippen LogP contribution in [0.3, 0.4) is 0 Å². The van der Waals surface area contributed by atoms with Crippen LogP contribution in [0.15, 0.2) is 62.8 Å². The van der Waals surface area contributed by atoms with E-state index in [-0.39, 0.29) is 21.2 Å². The van der Waals surface area contributed by atoms with Crippen molar-refractivity contribution in [1.82, 2.24) is 0 Å². The Hall–Kier alpha value is -2.06. The third-order valence-electron chi connectivity index (χ3n) is 4.45. The molecule has 0 bridgehead atoms. The van der Waals surface area contributed by atoms with E-state index in [0.717, 1.165) is 42.6 Å². The summed E-state index contributed by atoms with van der Waals surface area (Å²) in [6.07, 6.45) is 4.38. The van der Waals surface area contributed by atoms with Crippen molar-refractivity contribution in [2.75, 3.05) is 18.0 Å². The van der Waals surface area contributed by atoms with Crippen molar-refractivity contribution in [1.29, 1.82) is 5.26 Å². The monoisotopic (exact) mass is 471 g/mol. The Morgan fingerprint density at radius 3 is 2.41 bits per heavy atom. The van der Waals surface area contributed by atoms with E-state index in [2.05, 4.69) is 78.0 Å². The van der Waals surface area contributed by atoms with Crippen molar-refractivity contribution < 1.29 is 21.2 Å². The Balaban J connectivity index is 2.43. The maximum absolute atomic E-state index is 9.38. The van der Waals surface area contributed by atoms with Gasteiger partial charge in [0.2, 0.25) is 0 Å². The van der Waals surface area contributed by atoms with Crippen molar-refractivity contribution in [2.24, 2.45) is 0 Å². The molecule has 2 aromatic carbocycles. The van der Waals surface area contributed by atoms with E-state index >= 15 is 0 Å². The van der Waals surface area contributed by atoms with E-state index in [1.54, 1.807) is 0 Å². The number of nitrogens with zero attached hydrogens (tertiary/aromatic N) is 2. The third kappa shape index (κ3) is 5.71. The quantitative estimate of drug-likeness (QED) is 0.318. The number of allylic oxidation sites excluding steroid dienone is 3. The Morgan fingerprint density at radius 2 is 1.78 bits per heavy atom. The number of nitriles is 1. The summed E-state index contributed by atoms with van der Waals surface area (Å²) in [6.45, 7) is 12.3. The first-order valence-corrected chi connectivity index (χ1v) is 11.9. The summed E-state index contributed by atoms with van der Waals surface area (Å²) in [5, 5.41) is 11.8. The molecule has 0 spiro atoms. The van der Waals surface area contributed by atoms with Gasteiger partial charge in [-0.3, -0.25) is 0 Å². The van der Waals surface area contributed by atoms with E-state index < -0.39 is 0 Å². The molecule has 2 rings (SSSR count). The second-order valence-corrected chi connectivity index (χ2v) is 8.78. The van der Waals surface area contributed by atoms with Crippen LogP contribution in [0.2, 0.25) is 0 Å². The molecule has 0 aliphatic rings. The summed E-state index contributed by atoms with van der Waals surface area (Å²) < 4.78 is 4.12. The van der Waals surface area contributed by atoms with Crippen LogP contribution in [0.1, 0.15) is 39.2 Å². The Labute approximate surface area is 174 Å². The Kier molecular flexibility index (Phi) is 8.60. The second-order valence-electron chi connectivity index (χ2n) is 6.46. The normalized spacial score (nSPS) is 12.2. The number of anilines is 1. The first kappa shape index (κ1) is 21.2. The van der Waals surface area contributed by atoms with Gasteiger partial charge >= 0.3 is 161 Å². The fourth-order valence-corrected chi connectivity index (χ4v) is 4.02. The molecular weight excluding hydrogens is 443 g/mol. The molecule has 0 aliphatic heterocycles. The van der Waals surface area contributed by atoms with Crippen molar-refractivity contribution in [2.45, 2.75) is 33.6 Å². The van der Waals surface area contributed by atoms with Gasteiger partial charge in [0.1, 0.15) is 0 Å². The molecule has 0 atom stereocenters. The number of rotatable bonds is 9.